The molecule has 0 heterocycles. The van der Waals surface area contributed by atoms with Gasteiger partial charge in [0.05, 0.1) is 11.5 Å². The Morgan fingerprint density at radius 3 is 2.67 bits per heavy atom. The quantitative estimate of drug-likeness (QED) is 0.633. The number of aliphatic hydroxyl groups is 1. The first-order valence-corrected chi connectivity index (χ1v) is 5.66. The van der Waals surface area contributed by atoms with Gasteiger partial charge in [-0.15, -0.1) is 0 Å². The number of likely N-dealkylation sites (N-methyl/N-ethyl adjacent to an activating group) is 1. The van der Waals surface area contributed by atoms with Gasteiger partial charge < -0.3 is 10.0 Å². The number of benzene rings is 1. The maximum absolute atomic E-state index is 12.2. The topological polar surface area (TPSA) is 83.7 Å². The summed E-state index contributed by atoms with van der Waals surface area (Å²) in [6, 6.07) is 4.42. The lowest BCUT2D eigenvalue weighted by atomic mass is 10.1. The summed E-state index contributed by atoms with van der Waals surface area (Å²) in [5.41, 5.74) is 0.640. The van der Waals surface area contributed by atoms with Crippen molar-refractivity contribution in [3.8, 4) is 0 Å². The monoisotopic (exact) mass is 252 g/mol. The standard InChI is InChI=1S/C12H16N2O4/c1-3-13(6-7-15)12(16)10-8-9(2)4-5-11(10)14(17)18/h4-5,8,15H,3,6-7H2,1-2H3. The Hall–Kier alpha value is -1.95. The summed E-state index contributed by atoms with van der Waals surface area (Å²) in [6.45, 7) is 3.92. The molecule has 0 aromatic heterocycles. The summed E-state index contributed by atoms with van der Waals surface area (Å²) < 4.78 is 0. The van der Waals surface area contributed by atoms with Gasteiger partial charge in [0.1, 0.15) is 5.56 Å². The fraction of sp³-hybridized carbons (Fsp3) is 0.417. The predicted octanol–water partition coefficient (Wildman–Crippen LogP) is 1.36. The van der Waals surface area contributed by atoms with Gasteiger partial charge in [-0.2, -0.15) is 0 Å². The van der Waals surface area contributed by atoms with Crippen LogP contribution in [0.5, 0.6) is 0 Å². The van der Waals surface area contributed by atoms with Gasteiger partial charge in [0, 0.05) is 19.2 Å². The van der Waals surface area contributed by atoms with Crippen molar-refractivity contribution < 1.29 is 14.8 Å². The van der Waals surface area contributed by atoms with Gasteiger partial charge in [-0.25, -0.2) is 0 Å². The summed E-state index contributed by atoms with van der Waals surface area (Å²) in [7, 11) is 0. The number of hydrogen-bond acceptors (Lipinski definition) is 4. The fourth-order valence-electron chi connectivity index (χ4n) is 1.67. The average molecular weight is 252 g/mol. The number of aryl methyl sites for hydroxylation is 1. The lowest BCUT2D eigenvalue weighted by Gasteiger charge is -2.19. The first kappa shape index (κ1) is 14.1. The van der Waals surface area contributed by atoms with Gasteiger partial charge in [-0.3, -0.25) is 14.9 Å². The molecule has 0 fully saturated rings. The Morgan fingerprint density at radius 1 is 1.50 bits per heavy atom. The van der Waals surface area contributed by atoms with E-state index in [0.717, 1.165) is 5.56 Å². The molecule has 0 spiro atoms. The Kier molecular flexibility index (Phi) is 4.79. The third-order valence-electron chi connectivity index (χ3n) is 2.62. The van der Waals surface area contributed by atoms with E-state index in [4.69, 9.17) is 5.11 Å². The zero-order chi connectivity index (χ0) is 13.7. The molecule has 0 saturated heterocycles. The number of nitro groups is 1. The zero-order valence-corrected chi connectivity index (χ0v) is 10.4. The number of carbonyl (C=O) groups is 1. The van der Waals surface area contributed by atoms with Crippen LogP contribution in [0.1, 0.15) is 22.8 Å². The zero-order valence-electron chi connectivity index (χ0n) is 10.4. The van der Waals surface area contributed by atoms with E-state index in [9.17, 15) is 14.9 Å². The molecule has 0 aliphatic heterocycles. The van der Waals surface area contributed by atoms with Gasteiger partial charge in [0.2, 0.25) is 0 Å². The minimum absolute atomic E-state index is 0.0651. The van der Waals surface area contributed by atoms with Crippen LogP contribution in [0.2, 0.25) is 0 Å². The van der Waals surface area contributed by atoms with E-state index >= 15 is 0 Å². The first-order valence-electron chi connectivity index (χ1n) is 5.66. The molecule has 18 heavy (non-hydrogen) atoms. The number of rotatable bonds is 5. The molecule has 1 N–H and O–H groups in total. The minimum atomic E-state index is -0.570. The number of carbonyl (C=O) groups excluding carboxylic acids is 1. The number of nitrogens with zero attached hydrogens (tertiary/aromatic N) is 2. The van der Waals surface area contributed by atoms with Gasteiger partial charge in [0.25, 0.3) is 11.6 Å². The van der Waals surface area contributed by atoms with Crippen molar-refractivity contribution in [3.63, 3.8) is 0 Å². The maximum atomic E-state index is 12.2. The molecule has 1 aromatic carbocycles. The molecule has 6 nitrogen and oxygen atoms in total. The Bertz CT molecular complexity index is 459. The second-order valence-electron chi connectivity index (χ2n) is 3.89. The highest BCUT2D eigenvalue weighted by Crippen LogP contribution is 2.21. The van der Waals surface area contributed by atoms with Crippen LogP contribution in [0, 0.1) is 17.0 Å². The normalized spacial score (nSPS) is 10.2. The molecule has 0 aliphatic rings. The van der Waals surface area contributed by atoms with Crippen molar-refractivity contribution in [1.82, 2.24) is 4.90 Å². The van der Waals surface area contributed by atoms with Crippen LogP contribution in [0.3, 0.4) is 0 Å². The molecule has 1 rings (SSSR count). The van der Waals surface area contributed by atoms with E-state index in [1.54, 1.807) is 19.9 Å². The van der Waals surface area contributed by atoms with E-state index < -0.39 is 10.8 Å². The minimum Gasteiger partial charge on any atom is -0.395 e. The molecule has 0 bridgehead atoms. The Labute approximate surface area is 105 Å². The highest BCUT2D eigenvalue weighted by molar-refractivity contribution is 5.98. The summed E-state index contributed by atoms with van der Waals surface area (Å²) in [4.78, 5) is 23.9. The molecule has 0 radical (unpaired) electrons. The van der Waals surface area contributed by atoms with E-state index in [1.807, 2.05) is 0 Å². The summed E-state index contributed by atoms with van der Waals surface area (Å²) in [5.74, 6) is -0.429. The van der Waals surface area contributed by atoms with Crippen molar-refractivity contribution in [1.29, 1.82) is 0 Å². The van der Waals surface area contributed by atoms with E-state index in [2.05, 4.69) is 0 Å². The molecule has 98 valence electrons. The first-order chi connectivity index (χ1) is 8.51. The lowest BCUT2D eigenvalue weighted by molar-refractivity contribution is -0.385. The van der Waals surface area contributed by atoms with Crippen molar-refractivity contribution in [2.45, 2.75) is 13.8 Å². The highest BCUT2D eigenvalue weighted by atomic mass is 16.6. The molecule has 0 saturated carbocycles. The molecule has 0 unspecified atom stereocenters. The van der Waals surface area contributed by atoms with Crippen LogP contribution in [-0.2, 0) is 0 Å². The SMILES string of the molecule is CCN(CCO)C(=O)c1cc(C)ccc1[N+](=O)[O-]. The highest BCUT2D eigenvalue weighted by Gasteiger charge is 2.23. The van der Waals surface area contributed by atoms with Crippen molar-refractivity contribution in [2.75, 3.05) is 19.7 Å². The number of aliphatic hydroxyl groups excluding tert-OH is 1. The van der Waals surface area contributed by atoms with Gasteiger partial charge in [-0.1, -0.05) is 6.07 Å². The maximum Gasteiger partial charge on any atom is 0.282 e. The summed E-state index contributed by atoms with van der Waals surface area (Å²) >= 11 is 0. The van der Waals surface area contributed by atoms with E-state index in [1.165, 1.54) is 17.0 Å². The number of amides is 1. The Balaban J connectivity index is 3.17. The molecular formula is C12H16N2O4. The van der Waals surface area contributed by atoms with E-state index in [-0.39, 0.29) is 24.4 Å². The van der Waals surface area contributed by atoms with Gasteiger partial charge >= 0.3 is 0 Å². The van der Waals surface area contributed by atoms with Crippen molar-refractivity contribution in [3.05, 3.63) is 39.4 Å². The van der Waals surface area contributed by atoms with Crippen LogP contribution in [0.25, 0.3) is 0 Å². The predicted molar refractivity (Wildman–Crippen MR) is 66.5 cm³/mol. The molecule has 1 amide bonds. The van der Waals surface area contributed by atoms with Crippen LogP contribution in [-0.4, -0.2) is 40.5 Å². The molecular weight excluding hydrogens is 236 g/mol. The lowest BCUT2D eigenvalue weighted by Crippen LogP contribution is -2.33. The van der Waals surface area contributed by atoms with Crippen LogP contribution in [0.4, 0.5) is 5.69 Å². The van der Waals surface area contributed by atoms with Crippen LogP contribution >= 0.6 is 0 Å². The Morgan fingerprint density at radius 2 is 2.17 bits per heavy atom. The summed E-state index contributed by atoms with van der Waals surface area (Å²) in [6.07, 6.45) is 0. The molecule has 0 atom stereocenters. The largest absolute Gasteiger partial charge is 0.395 e. The van der Waals surface area contributed by atoms with Gasteiger partial charge in [-0.05, 0) is 25.5 Å². The smallest absolute Gasteiger partial charge is 0.282 e. The molecule has 6 heteroatoms. The van der Waals surface area contributed by atoms with E-state index in [0.29, 0.717) is 6.54 Å². The second-order valence-corrected chi connectivity index (χ2v) is 3.89. The number of nitro benzene ring substituents is 1. The van der Waals surface area contributed by atoms with Crippen LogP contribution in [0.15, 0.2) is 18.2 Å². The van der Waals surface area contributed by atoms with Crippen molar-refractivity contribution in [2.24, 2.45) is 0 Å². The van der Waals surface area contributed by atoms with Crippen molar-refractivity contribution >= 4 is 11.6 Å². The third kappa shape index (κ3) is 3.04. The number of hydrogen-bond donors (Lipinski definition) is 1. The van der Waals surface area contributed by atoms with Crippen LogP contribution < -0.4 is 0 Å². The fourth-order valence-corrected chi connectivity index (χ4v) is 1.67. The summed E-state index contributed by atoms with van der Waals surface area (Å²) in [5, 5.41) is 19.8. The average Bonchev–Trinajstić information content (AvgIpc) is 2.34. The molecule has 1 aromatic rings. The third-order valence-corrected chi connectivity index (χ3v) is 2.62. The van der Waals surface area contributed by atoms with Gasteiger partial charge in [0.15, 0.2) is 0 Å². The second kappa shape index (κ2) is 6.11. The molecule has 0 aliphatic carbocycles.